The molecule has 1 atom stereocenters. The lowest BCUT2D eigenvalue weighted by Gasteiger charge is -2.37. The molecule has 1 aromatic carbocycles. The molecule has 0 radical (unpaired) electrons. The number of nitrogens with two attached hydrogens (primary N) is 1. The van der Waals surface area contributed by atoms with Gasteiger partial charge in [-0.15, -0.1) is 0 Å². The van der Waals surface area contributed by atoms with Crippen molar-refractivity contribution in [3.63, 3.8) is 0 Å². The number of oxime groups is 1. The molecule has 2 rings (SSSR count). The number of benzene rings is 1. The Morgan fingerprint density at radius 3 is 2.71 bits per heavy atom. The number of piperazine rings is 1. The molecular formula is C14H20BrFN4O. The van der Waals surface area contributed by atoms with E-state index in [-0.39, 0.29) is 17.7 Å². The molecule has 5 nitrogen and oxygen atoms in total. The van der Waals surface area contributed by atoms with Crippen LogP contribution in [0.4, 0.5) is 4.39 Å². The van der Waals surface area contributed by atoms with Gasteiger partial charge in [-0.3, -0.25) is 9.80 Å². The smallest absolute Gasteiger partial charge is 0.156 e. The molecule has 21 heavy (non-hydrogen) atoms. The van der Waals surface area contributed by atoms with Crippen molar-refractivity contribution in [1.82, 2.24) is 9.80 Å². The highest BCUT2D eigenvalue weighted by atomic mass is 79.9. The van der Waals surface area contributed by atoms with Gasteiger partial charge in [-0.1, -0.05) is 17.3 Å². The van der Waals surface area contributed by atoms with E-state index in [1.807, 2.05) is 13.0 Å². The zero-order valence-corrected chi connectivity index (χ0v) is 13.6. The molecule has 0 aromatic heterocycles. The minimum Gasteiger partial charge on any atom is -0.409 e. The Balaban J connectivity index is 1.91. The number of hydrogen-bond donors (Lipinski definition) is 2. The molecule has 0 aliphatic carbocycles. The van der Waals surface area contributed by atoms with Crippen LogP contribution in [0.1, 0.15) is 12.5 Å². The van der Waals surface area contributed by atoms with E-state index < -0.39 is 0 Å². The third-order valence-corrected chi connectivity index (χ3v) is 4.81. The van der Waals surface area contributed by atoms with Crippen LogP contribution >= 0.6 is 15.9 Å². The SMILES string of the molecule is CC(/C(N)=N/O)N1CCN(Cc2cccc(F)c2Br)CC1. The monoisotopic (exact) mass is 358 g/mol. The maximum absolute atomic E-state index is 13.5. The summed E-state index contributed by atoms with van der Waals surface area (Å²) in [6.45, 7) is 6.05. The van der Waals surface area contributed by atoms with Gasteiger partial charge in [0.25, 0.3) is 0 Å². The van der Waals surface area contributed by atoms with Crippen LogP contribution in [0, 0.1) is 5.82 Å². The fraction of sp³-hybridized carbons (Fsp3) is 0.500. The summed E-state index contributed by atoms with van der Waals surface area (Å²) in [5, 5.41) is 11.8. The van der Waals surface area contributed by atoms with Gasteiger partial charge >= 0.3 is 0 Å². The van der Waals surface area contributed by atoms with E-state index in [0.29, 0.717) is 11.0 Å². The lowest BCUT2D eigenvalue weighted by atomic mass is 10.1. The van der Waals surface area contributed by atoms with Crippen molar-refractivity contribution in [3.8, 4) is 0 Å². The van der Waals surface area contributed by atoms with Crippen molar-refractivity contribution in [2.75, 3.05) is 26.2 Å². The van der Waals surface area contributed by atoms with Gasteiger partial charge in [0.1, 0.15) is 5.82 Å². The molecule has 1 unspecified atom stereocenters. The first-order valence-electron chi connectivity index (χ1n) is 6.89. The van der Waals surface area contributed by atoms with E-state index in [1.54, 1.807) is 6.07 Å². The van der Waals surface area contributed by atoms with Gasteiger partial charge in [-0.25, -0.2) is 4.39 Å². The fourth-order valence-electron chi connectivity index (χ4n) is 2.49. The number of rotatable bonds is 4. The van der Waals surface area contributed by atoms with Gasteiger partial charge < -0.3 is 10.9 Å². The lowest BCUT2D eigenvalue weighted by molar-refractivity contribution is 0.116. The topological polar surface area (TPSA) is 65.1 Å². The van der Waals surface area contributed by atoms with Crippen molar-refractivity contribution in [3.05, 3.63) is 34.1 Å². The molecule has 1 aromatic rings. The van der Waals surface area contributed by atoms with Crippen LogP contribution in [0.15, 0.2) is 27.8 Å². The standard InChI is InChI=1S/C14H20BrFN4O/c1-10(14(17)18-21)20-7-5-19(6-8-20)9-11-3-2-4-12(16)13(11)15/h2-4,10,21H,5-9H2,1H3,(H2,17,18). The van der Waals surface area contributed by atoms with E-state index in [4.69, 9.17) is 10.9 Å². The summed E-state index contributed by atoms with van der Waals surface area (Å²) in [5.41, 5.74) is 6.59. The Kier molecular flexibility index (Phi) is 5.55. The second kappa shape index (κ2) is 7.20. The Labute approximate surface area is 132 Å². The number of amidine groups is 1. The van der Waals surface area contributed by atoms with Crippen LogP contribution in [0.25, 0.3) is 0 Å². The highest BCUT2D eigenvalue weighted by Gasteiger charge is 2.23. The van der Waals surface area contributed by atoms with Crippen LogP contribution in [-0.4, -0.2) is 53.1 Å². The van der Waals surface area contributed by atoms with Crippen LogP contribution in [0.3, 0.4) is 0 Å². The predicted octanol–water partition coefficient (Wildman–Crippen LogP) is 1.84. The van der Waals surface area contributed by atoms with Gasteiger partial charge in [0.15, 0.2) is 5.84 Å². The number of halogens is 2. The maximum atomic E-state index is 13.5. The summed E-state index contributed by atoms with van der Waals surface area (Å²) in [6.07, 6.45) is 0. The molecule has 1 fully saturated rings. The first-order valence-corrected chi connectivity index (χ1v) is 7.69. The molecule has 1 heterocycles. The van der Waals surface area contributed by atoms with Crippen molar-refractivity contribution >= 4 is 21.8 Å². The third kappa shape index (κ3) is 3.93. The summed E-state index contributed by atoms with van der Waals surface area (Å²) < 4.78 is 14.0. The third-order valence-electron chi connectivity index (χ3n) is 3.92. The van der Waals surface area contributed by atoms with Crippen LogP contribution in [-0.2, 0) is 6.54 Å². The molecule has 7 heteroatoms. The molecule has 1 saturated heterocycles. The largest absolute Gasteiger partial charge is 0.409 e. The van der Waals surface area contributed by atoms with Crippen molar-refractivity contribution in [2.45, 2.75) is 19.5 Å². The van der Waals surface area contributed by atoms with Crippen molar-refractivity contribution in [2.24, 2.45) is 10.9 Å². The van der Waals surface area contributed by atoms with Gasteiger partial charge in [-0.05, 0) is 34.5 Å². The second-order valence-corrected chi connectivity index (χ2v) is 6.02. The molecule has 0 bridgehead atoms. The maximum Gasteiger partial charge on any atom is 0.156 e. The Morgan fingerprint density at radius 2 is 2.10 bits per heavy atom. The molecule has 116 valence electrons. The molecular weight excluding hydrogens is 339 g/mol. The quantitative estimate of drug-likeness (QED) is 0.373. The van der Waals surface area contributed by atoms with Crippen LogP contribution < -0.4 is 5.73 Å². The van der Waals surface area contributed by atoms with E-state index >= 15 is 0 Å². The first-order chi connectivity index (χ1) is 10.0. The predicted molar refractivity (Wildman–Crippen MR) is 83.8 cm³/mol. The van der Waals surface area contributed by atoms with Gasteiger partial charge in [0.2, 0.25) is 0 Å². The molecule has 0 spiro atoms. The molecule has 0 saturated carbocycles. The van der Waals surface area contributed by atoms with E-state index in [0.717, 1.165) is 31.7 Å². The Hall–Kier alpha value is -1.18. The average Bonchev–Trinajstić information content (AvgIpc) is 2.51. The summed E-state index contributed by atoms with van der Waals surface area (Å²) in [4.78, 5) is 4.45. The Bertz CT molecular complexity index is 518. The highest BCUT2D eigenvalue weighted by Crippen LogP contribution is 2.22. The van der Waals surface area contributed by atoms with Crippen LogP contribution in [0.2, 0.25) is 0 Å². The average molecular weight is 359 g/mol. The molecule has 3 N–H and O–H groups in total. The lowest BCUT2D eigenvalue weighted by Crippen LogP contribution is -2.52. The highest BCUT2D eigenvalue weighted by molar-refractivity contribution is 9.10. The number of hydrogen-bond acceptors (Lipinski definition) is 4. The van der Waals surface area contributed by atoms with E-state index in [1.165, 1.54) is 6.07 Å². The van der Waals surface area contributed by atoms with Gasteiger partial charge in [-0.2, -0.15) is 0 Å². The minimum absolute atomic E-state index is 0.0712. The molecule has 1 aliphatic heterocycles. The zero-order valence-electron chi connectivity index (χ0n) is 12.0. The Morgan fingerprint density at radius 1 is 1.43 bits per heavy atom. The normalized spacial score (nSPS) is 19.7. The summed E-state index contributed by atoms with van der Waals surface area (Å²) in [5.74, 6) is 0.00279. The fourth-order valence-corrected chi connectivity index (χ4v) is 2.88. The number of nitrogens with zero attached hydrogens (tertiary/aromatic N) is 3. The summed E-state index contributed by atoms with van der Waals surface area (Å²) in [7, 11) is 0. The van der Waals surface area contributed by atoms with Gasteiger partial charge in [0, 0.05) is 32.7 Å². The molecule has 0 amide bonds. The van der Waals surface area contributed by atoms with Crippen molar-refractivity contribution < 1.29 is 9.60 Å². The summed E-state index contributed by atoms with van der Waals surface area (Å²) in [6, 6.07) is 5.03. The zero-order chi connectivity index (χ0) is 15.4. The van der Waals surface area contributed by atoms with Gasteiger partial charge in [0.05, 0.1) is 10.5 Å². The summed E-state index contributed by atoms with van der Waals surface area (Å²) >= 11 is 3.30. The molecule has 1 aliphatic rings. The minimum atomic E-state index is -0.230. The van der Waals surface area contributed by atoms with E-state index in [2.05, 4.69) is 30.9 Å². The first kappa shape index (κ1) is 16.2. The van der Waals surface area contributed by atoms with E-state index in [9.17, 15) is 4.39 Å². The van der Waals surface area contributed by atoms with Crippen molar-refractivity contribution in [1.29, 1.82) is 0 Å². The second-order valence-electron chi connectivity index (χ2n) is 5.23. The van der Waals surface area contributed by atoms with Crippen LogP contribution in [0.5, 0.6) is 0 Å².